The number of carbonyl (C=O) groups is 1. The Kier molecular flexibility index (Phi) is 3.44. The minimum atomic E-state index is -0.222. The van der Waals surface area contributed by atoms with Crippen LogP contribution >= 0.6 is 0 Å². The second kappa shape index (κ2) is 5.85. The molecule has 1 aliphatic heterocycles. The van der Waals surface area contributed by atoms with E-state index in [1.54, 1.807) is 0 Å². The quantitative estimate of drug-likeness (QED) is 0.730. The van der Waals surface area contributed by atoms with Crippen LogP contribution in [0.15, 0.2) is 30.3 Å². The minimum Gasteiger partial charge on any atom is -0.484 e. The molecule has 6 rings (SSSR count). The van der Waals surface area contributed by atoms with Gasteiger partial charge in [0.05, 0.1) is 5.52 Å². The van der Waals surface area contributed by atoms with Gasteiger partial charge in [-0.2, -0.15) is 0 Å². The number of imidazole rings is 1. The van der Waals surface area contributed by atoms with E-state index in [0.29, 0.717) is 6.04 Å². The fourth-order valence-corrected chi connectivity index (χ4v) is 5.03. The molecule has 148 valence electrons. The molecule has 5 nitrogen and oxygen atoms in total. The molecule has 1 N–H and O–H groups in total. The Morgan fingerprint density at radius 1 is 1.24 bits per heavy atom. The Balaban J connectivity index is 1.48. The molecule has 3 aliphatic rings. The number of carbonyl (C=O) groups excluding carboxylic acids is 1. The van der Waals surface area contributed by atoms with Crippen molar-refractivity contribution in [3.8, 4) is 5.75 Å². The molecule has 1 saturated carbocycles. The van der Waals surface area contributed by atoms with Crippen LogP contribution in [-0.2, 0) is 26.3 Å². The Labute approximate surface area is 170 Å². The molecule has 0 saturated heterocycles. The molecule has 3 aromatic rings. The molecule has 1 aromatic heterocycles. The number of nitrogens with one attached hydrogen (secondary N) is 1. The van der Waals surface area contributed by atoms with Gasteiger partial charge in [-0.25, -0.2) is 4.98 Å². The van der Waals surface area contributed by atoms with E-state index >= 15 is 0 Å². The van der Waals surface area contributed by atoms with Crippen LogP contribution in [0, 0.1) is 6.92 Å². The highest BCUT2D eigenvalue weighted by atomic mass is 16.5. The molecule has 5 heteroatoms. The molecule has 1 amide bonds. The summed E-state index contributed by atoms with van der Waals surface area (Å²) in [5.74, 6) is 1.78. The van der Waals surface area contributed by atoms with Crippen molar-refractivity contribution >= 4 is 16.9 Å². The van der Waals surface area contributed by atoms with E-state index in [1.807, 2.05) is 20.0 Å². The molecule has 2 aromatic carbocycles. The highest BCUT2D eigenvalue weighted by Crippen LogP contribution is 2.46. The number of hydrogen-bond acceptors (Lipinski definition) is 3. The first-order chi connectivity index (χ1) is 14.0. The number of fused-ring (bicyclic) bond motifs is 4. The average molecular weight is 387 g/mol. The summed E-state index contributed by atoms with van der Waals surface area (Å²) in [5.41, 5.74) is 6.18. The number of ether oxygens (including phenoxy) is 1. The largest absolute Gasteiger partial charge is 0.484 e. The maximum atomic E-state index is 13.0. The Morgan fingerprint density at radius 3 is 2.66 bits per heavy atom. The van der Waals surface area contributed by atoms with Crippen molar-refractivity contribution in [1.82, 2.24) is 14.9 Å². The summed E-state index contributed by atoms with van der Waals surface area (Å²) in [4.78, 5) is 17.8. The van der Waals surface area contributed by atoms with Gasteiger partial charge in [-0.05, 0) is 49.8 Å². The molecular formula is C24H25N3O2. The van der Waals surface area contributed by atoms with Crippen LogP contribution in [0.3, 0.4) is 0 Å². The van der Waals surface area contributed by atoms with Gasteiger partial charge in [0.25, 0.3) is 5.91 Å². The van der Waals surface area contributed by atoms with Crippen molar-refractivity contribution in [2.45, 2.75) is 57.1 Å². The van der Waals surface area contributed by atoms with Gasteiger partial charge in [-0.15, -0.1) is 0 Å². The normalized spacial score (nSPS) is 19.1. The van der Waals surface area contributed by atoms with Gasteiger partial charge in [0, 0.05) is 37.1 Å². The van der Waals surface area contributed by atoms with Gasteiger partial charge in [-0.3, -0.25) is 4.79 Å². The average Bonchev–Trinajstić information content (AvgIpc) is 3.38. The third kappa shape index (κ3) is 2.60. The van der Waals surface area contributed by atoms with Crippen LogP contribution in [0.4, 0.5) is 0 Å². The van der Waals surface area contributed by atoms with Crippen molar-refractivity contribution in [1.29, 1.82) is 0 Å². The van der Waals surface area contributed by atoms with Gasteiger partial charge in [0.15, 0.2) is 5.75 Å². The zero-order valence-corrected chi connectivity index (χ0v) is 16.9. The molecule has 1 spiro atoms. The number of aryl methyl sites for hydroxylation is 2. The third-order valence-electron chi connectivity index (χ3n) is 6.91. The number of nitrogens with zero attached hydrogens (tertiary/aromatic N) is 2. The highest BCUT2D eigenvalue weighted by molar-refractivity contribution is 6.02. The number of amides is 1. The van der Waals surface area contributed by atoms with E-state index in [4.69, 9.17) is 9.72 Å². The van der Waals surface area contributed by atoms with E-state index in [0.717, 1.165) is 72.3 Å². The smallest absolute Gasteiger partial charge is 0.251 e. The summed E-state index contributed by atoms with van der Waals surface area (Å²) in [5, 5.41) is 3.16. The highest BCUT2D eigenvalue weighted by Gasteiger charge is 2.43. The number of rotatable bonds is 2. The number of benzene rings is 2. The predicted octanol–water partition coefficient (Wildman–Crippen LogP) is 3.64. The van der Waals surface area contributed by atoms with Crippen molar-refractivity contribution in [3.63, 3.8) is 0 Å². The summed E-state index contributed by atoms with van der Waals surface area (Å²) in [6, 6.07) is 11.0. The maximum absolute atomic E-state index is 13.0. The van der Waals surface area contributed by atoms with Crippen molar-refractivity contribution < 1.29 is 9.53 Å². The lowest BCUT2D eigenvalue weighted by atomic mass is 9.86. The first-order valence-electron chi connectivity index (χ1n) is 10.6. The molecule has 2 heterocycles. The molecule has 2 aliphatic carbocycles. The van der Waals surface area contributed by atoms with E-state index in [9.17, 15) is 4.79 Å². The summed E-state index contributed by atoms with van der Waals surface area (Å²) >= 11 is 0. The second-order valence-electron chi connectivity index (χ2n) is 8.97. The van der Waals surface area contributed by atoms with E-state index < -0.39 is 0 Å². The first kappa shape index (κ1) is 17.1. The van der Waals surface area contributed by atoms with Crippen molar-refractivity contribution in [3.05, 3.63) is 58.4 Å². The summed E-state index contributed by atoms with van der Waals surface area (Å²) in [6.07, 6.45) is 5.79. The number of hydrogen-bond donors (Lipinski definition) is 1. The van der Waals surface area contributed by atoms with Gasteiger partial charge in [0.2, 0.25) is 0 Å². The van der Waals surface area contributed by atoms with Crippen LogP contribution in [0.5, 0.6) is 5.75 Å². The van der Waals surface area contributed by atoms with Crippen LogP contribution < -0.4 is 10.1 Å². The second-order valence-corrected chi connectivity index (χ2v) is 8.97. The molecule has 0 bridgehead atoms. The van der Waals surface area contributed by atoms with E-state index in [2.05, 4.69) is 34.1 Å². The van der Waals surface area contributed by atoms with Gasteiger partial charge in [-0.1, -0.05) is 24.3 Å². The zero-order chi connectivity index (χ0) is 19.8. The molecule has 1 fully saturated rings. The van der Waals surface area contributed by atoms with E-state index in [1.165, 1.54) is 11.1 Å². The fraction of sp³-hybridized carbons (Fsp3) is 0.417. The maximum Gasteiger partial charge on any atom is 0.251 e. The predicted molar refractivity (Wildman–Crippen MR) is 111 cm³/mol. The van der Waals surface area contributed by atoms with Gasteiger partial charge < -0.3 is 14.6 Å². The molecular weight excluding hydrogens is 362 g/mol. The Bertz CT molecular complexity index is 1150. The Morgan fingerprint density at radius 2 is 1.97 bits per heavy atom. The van der Waals surface area contributed by atoms with Gasteiger partial charge in [0.1, 0.15) is 16.9 Å². The third-order valence-corrected chi connectivity index (χ3v) is 6.91. The molecule has 0 radical (unpaired) electrons. The van der Waals surface area contributed by atoms with Crippen LogP contribution in [0.1, 0.15) is 52.1 Å². The zero-order valence-electron chi connectivity index (χ0n) is 16.9. The van der Waals surface area contributed by atoms with E-state index in [-0.39, 0.29) is 11.5 Å². The molecule has 0 unspecified atom stereocenters. The molecule has 29 heavy (non-hydrogen) atoms. The monoisotopic (exact) mass is 387 g/mol. The van der Waals surface area contributed by atoms with Crippen molar-refractivity contribution in [2.24, 2.45) is 7.05 Å². The lowest BCUT2D eigenvalue weighted by Crippen LogP contribution is -2.41. The minimum absolute atomic E-state index is 0.0266. The summed E-state index contributed by atoms with van der Waals surface area (Å²) < 4.78 is 8.85. The number of aromatic nitrogens is 2. The van der Waals surface area contributed by atoms with Crippen LogP contribution in [0.25, 0.3) is 11.0 Å². The Hall–Kier alpha value is -2.82. The topological polar surface area (TPSA) is 56.2 Å². The lowest BCUT2D eigenvalue weighted by Gasteiger charge is -2.36. The standard InChI is InChI=1S/C24H25N3O2/c1-14-25-21-20(27(14)2)11-19(23(28)26-17-7-8-17)18-9-10-24(29-22(18)21)12-15-5-3-4-6-16(15)13-24/h3-6,11,17H,7-10,12-13H2,1-2H3,(H,26,28). The van der Waals surface area contributed by atoms with Crippen LogP contribution in [-0.4, -0.2) is 27.1 Å². The fourth-order valence-electron chi connectivity index (χ4n) is 5.03. The van der Waals surface area contributed by atoms with Gasteiger partial charge >= 0.3 is 0 Å². The first-order valence-corrected chi connectivity index (χ1v) is 10.6. The lowest BCUT2D eigenvalue weighted by molar-refractivity contribution is 0.0578. The summed E-state index contributed by atoms with van der Waals surface area (Å²) in [7, 11) is 2.00. The van der Waals surface area contributed by atoms with Crippen LogP contribution in [0.2, 0.25) is 0 Å². The van der Waals surface area contributed by atoms with Crippen molar-refractivity contribution in [2.75, 3.05) is 0 Å². The summed E-state index contributed by atoms with van der Waals surface area (Å²) in [6.45, 7) is 2.00. The molecule has 0 atom stereocenters. The SMILES string of the molecule is Cc1nc2c3c(c(C(=O)NC4CC4)cc2n1C)CCC1(Cc2ccccc2C1)O3.